The number of anilines is 1. The highest BCUT2D eigenvalue weighted by Gasteiger charge is 2.14. The third-order valence-corrected chi connectivity index (χ3v) is 3.19. The average Bonchev–Trinajstić information content (AvgIpc) is 2.56. The fourth-order valence-electron chi connectivity index (χ4n) is 2.18. The van der Waals surface area contributed by atoms with Crippen LogP contribution in [0.1, 0.15) is 12.6 Å². The predicted octanol–water partition coefficient (Wildman–Crippen LogP) is 2.03. The molecular formula is C17H19N3O4. The Balaban J connectivity index is 2.22. The van der Waals surface area contributed by atoms with Crippen LogP contribution in [0.25, 0.3) is 11.1 Å². The highest BCUT2D eigenvalue weighted by atomic mass is 16.5. The van der Waals surface area contributed by atoms with Gasteiger partial charge < -0.3 is 20.4 Å². The van der Waals surface area contributed by atoms with Crippen molar-refractivity contribution in [1.82, 2.24) is 10.3 Å². The Bertz CT molecular complexity index is 784. The highest BCUT2D eigenvalue weighted by Crippen LogP contribution is 2.25. The minimum absolute atomic E-state index is 0.119. The number of hydrogen-bond acceptors (Lipinski definition) is 4. The van der Waals surface area contributed by atoms with Gasteiger partial charge in [-0.05, 0) is 25.5 Å². The summed E-state index contributed by atoms with van der Waals surface area (Å²) < 4.78 is 4.73. The molecule has 0 fully saturated rings. The molecule has 0 saturated carbocycles. The lowest BCUT2D eigenvalue weighted by molar-refractivity contribution is -0.141. The van der Waals surface area contributed by atoms with Crippen LogP contribution in [0.15, 0.2) is 41.2 Å². The molecule has 0 spiro atoms. The topological polar surface area (TPSA) is 100 Å². The summed E-state index contributed by atoms with van der Waals surface area (Å²) in [5, 5.41) is 4.86. The number of rotatable bonds is 5. The van der Waals surface area contributed by atoms with E-state index < -0.39 is 17.6 Å². The molecule has 0 aliphatic rings. The number of hydrogen-bond donors (Lipinski definition) is 3. The molecule has 2 aromatic rings. The maximum atomic E-state index is 12.2. The Morgan fingerprint density at radius 2 is 1.92 bits per heavy atom. The number of carbonyl (C=O) groups excluding carboxylic acids is 2. The van der Waals surface area contributed by atoms with Crippen molar-refractivity contribution < 1.29 is 14.3 Å². The van der Waals surface area contributed by atoms with E-state index in [9.17, 15) is 14.4 Å². The molecule has 2 amide bonds. The fraction of sp³-hybridized carbons (Fsp3) is 0.235. The van der Waals surface area contributed by atoms with Crippen LogP contribution >= 0.6 is 0 Å². The summed E-state index contributed by atoms with van der Waals surface area (Å²) in [6, 6.07) is 10.4. The summed E-state index contributed by atoms with van der Waals surface area (Å²) in [7, 11) is 0. The number of H-pyrrole nitrogens is 1. The normalized spacial score (nSPS) is 10.1. The van der Waals surface area contributed by atoms with Gasteiger partial charge in [-0.15, -0.1) is 0 Å². The molecule has 0 bridgehead atoms. The Morgan fingerprint density at radius 3 is 2.58 bits per heavy atom. The lowest BCUT2D eigenvalue weighted by Crippen LogP contribution is -2.35. The molecule has 3 N–H and O–H groups in total. The van der Waals surface area contributed by atoms with Gasteiger partial charge in [-0.2, -0.15) is 0 Å². The Hall–Kier alpha value is -3.09. The summed E-state index contributed by atoms with van der Waals surface area (Å²) in [4.78, 5) is 38.1. The van der Waals surface area contributed by atoms with Crippen LogP contribution in [0.5, 0.6) is 0 Å². The van der Waals surface area contributed by atoms with Crippen molar-refractivity contribution in [2.24, 2.45) is 0 Å². The van der Waals surface area contributed by atoms with Crippen LogP contribution in [0, 0.1) is 6.92 Å². The van der Waals surface area contributed by atoms with Gasteiger partial charge in [0.25, 0.3) is 5.56 Å². The predicted molar refractivity (Wildman–Crippen MR) is 90.9 cm³/mol. The number of aromatic nitrogens is 1. The summed E-state index contributed by atoms with van der Waals surface area (Å²) in [5.74, 6) is -0.547. The molecular weight excluding hydrogens is 310 g/mol. The van der Waals surface area contributed by atoms with Gasteiger partial charge in [0.05, 0.1) is 6.61 Å². The van der Waals surface area contributed by atoms with Crippen LogP contribution < -0.4 is 16.2 Å². The number of urea groups is 1. The third kappa shape index (κ3) is 4.45. The molecule has 0 aliphatic carbocycles. The van der Waals surface area contributed by atoms with E-state index in [0.717, 1.165) is 5.56 Å². The SMILES string of the molecule is CCOC(=O)CNC(=O)Nc1c(-c2ccccc2)cc(C)[nH]c1=O. The fourth-order valence-corrected chi connectivity index (χ4v) is 2.18. The van der Waals surface area contributed by atoms with Crippen LogP contribution in [-0.2, 0) is 9.53 Å². The van der Waals surface area contributed by atoms with Crippen molar-refractivity contribution >= 4 is 17.7 Å². The number of nitrogens with one attached hydrogen (secondary N) is 3. The number of pyridine rings is 1. The molecule has 1 heterocycles. The molecule has 7 nitrogen and oxygen atoms in total. The first-order chi connectivity index (χ1) is 11.5. The smallest absolute Gasteiger partial charge is 0.325 e. The van der Waals surface area contributed by atoms with Gasteiger partial charge in [0.15, 0.2) is 0 Å². The zero-order valence-corrected chi connectivity index (χ0v) is 13.5. The van der Waals surface area contributed by atoms with Crippen molar-refractivity contribution in [3.05, 3.63) is 52.4 Å². The molecule has 7 heteroatoms. The third-order valence-electron chi connectivity index (χ3n) is 3.19. The van der Waals surface area contributed by atoms with Crippen LogP contribution in [0.3, 0.4) is 0 Å². The minimum Gasteiger partial charge on any atom is -0.465 e. The quantitative estimate of drug-likeness (QED) is 0.731. The number of esters is 1. The molecule has 126 valence electrons. The van der Waals surface area contributed by atoms with E-state index >= 15 is 0 Å². The number of aryl methyl sites for hydroxylation is 1. The number of ether oxygens (including phenoxy) is 1. The molecule has 1 aromatic heterocycles. The number of carbonyl (C=O) groups is 2. The molecule has 2 rings (SSSR count). The van der Waals surface area contributed by atoms with E-state index in [-0.39, 0.29) is 18.8 Å². The second-order valence-corrected chi connectivity index (χ2v) is 5.05. The maximum Gasteiger partial charge on any atom is 0.325 e. The molecule has 0 atom stereocenters. The van der Waals surface area contributed by atoms with Crippen molar-refractivity contribution in [2.45, 2.75) is 13.8 Å². The van der Waals surface area contributed by atoms with E-state index in [0.29, 0.717) is 11.3 Å². The zero-order chi connectivity index (χ0) is 17.5. The Labute approximate surface area is 139 Å². The monoisotopic (exact) mass is 329 g/mol. The van der Waals surface area contributed by atoms with E-state index in [1.807, 2.05) is 30.3 Å². The average molecular weight is 329 g/mol. The van der Waals surface area contributed by atoms with Gasteiger partial charge in [-0.1, -0.05) is 30.3 Å². The van der Waals surface area contributed by atoms with Crippen LogP contribution in [0.2, 0.25) is 0 Å². The van der Waals surface area contributed by atoms with Gasteiger partial charge in [-0.3, -0.25) is 9.59 Å². The standard InChI is InChI=1S/C17H19N3O4/c1-3-24-14(21)10-18-17(23)20-15-13(9-11(2)19-16(15)22)12-7-5-4-6-8-12/h4-9H,3,10H2,1-2H3,(H,19,22)(H2,18,20,23). The highest BCUT2D eigenvalue weighted by molar-refractivity contribution is 5.95. The van der Waals surface area contributed by atoms with E-state index in [2.05, 4.69) is 15.6 Å². The zero-order valence-electron chi connectivity index (χ0n) is 13.5. The summed E-state index contributed by atoms with van der Waals surface area (Å²) in [6.07, 6.45) is 0. The van der Waals surface area contributed by atoms with E-state index in [1.165, 1.54) is 0 Å². The first kappa shape index (κ1) is 17.3. The van der Waals surface area contributed by atoms with Crippen molar-refractivity contribution in [3.63, 3.8) is 0 Å². The molecule has 0 aliphatic heterocycles. The maximum absolute atomic E-state index is 12.2. The summed E-state index contributed by atoms with van der Waals surface area (Å²) in [6.45, 7) is 3.40. The summed E-state index contributed by atoms with van der Waals surface area (Å²) >= 11 is 0. The molecule has 0 unspecified atom stereocenters. The molecule has 0 saturated heterocycles. The van der Waals surface area contributed by atoms with Gasteiger partial charge in [0.2, 0.25) is 0 Å². The van der Waals surface area contributed by atoms with Crippen LogP contribution in [0.4, 0.5) is 10.5 Å². The largest absolute Gasteiger partial charge is 0.465 e. The second kappa shape index (κ2) is 7.96. The van der Waals surface area contributed by atoms with Gasteiger partial charge >= 0.3 is 12.0 Å². The van der Waals surface area contributed by atoms with Crippen molar-refractivity contribution in [3.8, 4) is 11.1 Å². The lowest BCUT2D eigenvalue weighted by atomic mass is 10.0. The number of amides is 2. The first-order valence-electron chi connectivity index (χ1n) is 7.51. The minimum atomic E-state index is -0.658. The second-order valence-electron chi connectivity index (χ2n) is 5.05. The molecule has 0 radical (unpaired) electrons. The van der Waals surface area contributed by atoms with Crippen molar-refractivity contribution in [1.29, 1.82) is 0 Å². The first-order valence-corrected chi connectivity index (χ1v) is 7.51. The lowest BCUT2D eigenvalue weighted by Gasteiger charge is -2.12. The van der Waals surface area contributed by atoms with Gasteiger partial charge in [0.1, 0.15) is 12.2 Å². The van der Waals surface area contributed by atoms with Crippen LogP contribution in [-0.4, -0.2) is 30.1 Å². The van der Waals surface area contributed by atoms with Crippen molar-refractivity contribution in [2.75, 3.05) is 18.5 Å². The van der Waals surface area contributed by atoms with E-state index in [1.54, 1.807) is 19.9 Å². The van der Waals surface area contributed by atoms with Gasteiger partial charge in [0, 0.05) is 11.3 Å². The summed E-state index contributed by atoms with van der Waals surface area (Å²) in [5.41, 5.74) is 1.78. The Morgan fingerprint density at radius 1 is 1.21 bits per heavy atom. The van der Waals surface area contributed by atoms with Gasteiger partial charge in [-0.25, -0.2) is 4.79 Å². The van der Waals surface area contributed by atoms with E-state index in [4.69, 9.17) is 4.74 Å². The number of aromatic amines is 1. The Kier molecular flexibility index (Phi) is 5.73. The number of benzene rings is 1. The molecule has 1 aromatic carbocycles. The molecule has 24 heavy (non-hydrogen) atoms.